The molecule has 0 aliphatic rings. The van der Waals surface area contributed by atoms with Gasteiger partial charge in [-0.3, -0.25) is 14.9 Å². The molecule has 1 heterocycles. The van der Waals surface area contributed by atoms with E-state index in [2.05, 4.69) is 4.98 Å². The maximum atomic E-state index is 12.2. The van der Waals surface area contributed by atoms with Gasteiger partial charge >= 0.3 is 0 Å². The summed E-state index contributed by atoms with van der Waals surface area (Å²) < 4.78 is 0. The number of benzene rings is 2. The summed E-state index contributed by atoms with van der Waals surface area (Å²) in [6.07, 6.45) is 2.30. The number of hydrogen-bond donors (Lipinski definition) is 1. The molecule has 0 amide bonds. The Labute approximate surface area is 114 Å². The van der Waals surface area contributed by atoms with Crippen LogP contribution in [0.1, 0.15) is 12.5 Å². The molecule has 0 spiro atoms. The van der Waals surface area contributed by atoms with E-state index in [1.807, 2.05) is 13.0 Å². The van der Waals surface area contributed by atoms with Crippen molar-refractivity contribution in [3.05, 3.63) is 62.4 Å². The Kier molecular flexibility index (Phi) is 2.75. The Morgan fingerprint density at radius 2 is 1.90 bits per heavy atom. The van der Waals surface area contributed by atoms with E-state index in [0.717, 1.165) is 17.4 Å². The number of pyridine rings is 1. The minimum Gasteiger partial charge on any atom is -0.360 e. The van der Waals surface area contributed by atoms with Crippen LogP contribution in [0, 0.1) is 10.1 Å². The quantitative estimate of drug-likeness (QED) is 0.440. The molecule has 0 aliphatic heterocycles. The van der Waals surface area contributed by atoms with Crippen LogP contribution in [0.4, 0.5) is 5.69 Å². The fourth-order valence-electron chi connectivity index (χ4n) is 2.60. The molecule has 5 nitrogen and oxygen atoms in total. The zero-order chi connectivity index (χ0) is 14.3. The van der Waals surface area contributed by atoms with Crippen LogP contribution in [0.15, 0.2) is 41.3 Å². The fraction of sp³-hybridized carbons (Fsp3) is 0.133. The van der Waals surface area contributed by atoms with E-state index in [1.54, 1.807) is 12.1 Å². The number of nitrogens with zero attached hydrogens (tertiary/aromatic N) is 1. The number of H-pyrrole nitrogens is 1. The highest BCUT2D eigenvalue weighted by molar-refractivity contribution is 6.08. The summed E-state index contributed by atoms with van der Waals surface area (Å²) in [5.74, 6) is 0. The number of aromatic amines is 1. The molecule has 0 bridgehead atoms. The van der Waals surface area contributed by atoms with Crippen molar-refractivity contribution in [3.63, 3.8) is 0 Å². The van der Waals surface area contributed by atoms with Gasteiger partial charge in [0, 0.05) is 12.3 Å². The van der Waals surface area contributed by atoms with Gasteiger partial charge in [-0.05, 0) is 29.5 Å². The van der Waals surface area contributed by atoms with Crippen molar-refractivity contribution in [3.8, 4) is 0 Å². The van der Waals surface area contributed by atoms with E-state index in [1.165, 1.54) is 18.3 Å². The van der Waals surface area contributed by atoms with Crippen LogP contribution >= 0.6 is 0 Å². The molecular weight excluding hydrogens is 256 g/mol. The van der Waals surface area contributed by atoms with Gasteiger partial charge in [0.05, 0.1) is 21.2 Å². The summed E-state index contributed by atoms with van der Waals surface area (Å²) in [7, 11) is 0. The lowest BCUT2D eigenvalue weighted by Crippen LogP contribution is -2.03. The number of aromatic nitrogens is 1. The Balaban J connectivity index is 2.58. The van der Waals surface area contributed by atoms with Gasteiger partial charge in [-0.1, -0.05) is 19.1 Å². The topological polar surface area (TPSA) is 76.0 Å². The molecule has 3 rings (SSSR count). The molecule has 0 atom stereocenters. The highest BCUT2D eigenvalue weighted by atomic mass is 16.6. The summed E-state index contributed by atoms with van der Waals surface area (Å²) in [5.41, 5.74) is 1.46. The second kappa shape index (κ2) is 4.45. The van der Waals surface area contributed by atoms with Crippen molar-refractivity contribution >= 4 is 27.4 Å². The van der Waals surface area contributed by atoms with Crippen molar-refractivity contribution < 1.29 is 4.92 Å². The van der Waals surface area contributed by atoms with Crippen LogP contribution in [0.5, 0.6) is 0 Å². The van der Waals surface area contributed by atoms with Crippen LogP contribution in [0.3, 0.4) is 0 Å². The van der Waals surface area contributed by atoms with Crippen molar-refractivity contribution in [2.75, 3.05) is 0 Å². The SMILES string of the molecule is CCc1ccc(=O)c2c1ccc1c([N+](=O)[O-])cc[nH]c12. The van der Waals surface area contributed by atoms with Crippen molar-refractivity contribution in [1.82, 2.24) is 4.98 Å². The molecule has 0 radical (unpaired) electrons. The molecule has 0 aliphatic carbocycles. The van der Waals surface area contributed by atoms with Gasteiger partial charge in [0.15, 0.2) is 5.43 Å². The first kappa shape index (κ1) is 12.3. The number of rotatable bonds is 2. The van der Waals surface area contributed by atoms with E-state index < -0.39 is 4.92 Å². The third kappa shape index (κ3) is 1.67. The van der Waals surface area contributed by atoms with E-state index in [4.69, 9.17) is 0 Å². The Hall–Kier alpha value is -2.69. The first-order valence-corrected chi connectivity index (χ1v) is 6.34. The normalized spacial score (nSPS) is 11.1. The van der Waals surface area contributed by atoms with Gasteiger partial charge < -0.3 is 4.98 Å². The van der Waals surface area contributed by atoms with Gasteiger partial charge in [0.1, 0.15) is 0 Å². The average Bonchev–Trinajstić information content (AvgIpc) is 2.46. The molecule has 2 aromatic carbocycles. The smallest absolute Gasteiger partial charge is 0.280 e. The summed E-state index contributed by atoms with van der Waals surface area (Å²) in [5, 5.41) is 12.9. The lowest BCUT2D eigenvalue weighted by molar-refractivity contribution is -0.383. The fourth-order valence-corrected chi connectivity index (χ4v) is 2.60. The Morgan fingerprint density at radius 1 is 1.15 bits per heavy atom. The second-order valence-electron chi connectivity index (χ2n) is 4.61. The predicted molar refractivity (Wildman–Crippen MR) is 78.1 cm³/mol. The zero-order valence-electron chi connectivity index (χ0n) is 10.8. The molecule has 100 valence electrons. The Bertz CT molecular complexity index is 897. The molecule has 0 saturated heterocycles. The number of nitrogens with one attached hydrogen (secondary N) is 1. The zero-order valence-corrected chi connectivity index (χ0v) is 10.8. The predicted octanol–water partition coefficient (Wildman–Crippen LogP) is 3.15. The molecule has 1 N–H and O–H groups in total. The minimum atomic E-state index is -0.434. The van der Waals surface area contributed by atoms with E-state index in [-0.39, 0.29) is 11.1 Å². The average molecular weight is 268 g/mol. The number of aryl methyl sites for hydroxylation is 1. The first-order chi connectivity index (χ1) is 9.63. The van der Waals surface area contributed by atoms with Gasteiger partial charge in [0.25, 0.3) is 5.69 Å². The summed E-state index contributed by atoms with van der Waals surface area (Å²) in [6, 6.07) is 8.23. The maximum absolute atomic E-state index is 12.2. The molecular formula is C15H12N2O3. The van der Waals surface area contributed by atoms with Gasteiger partial charge in [-0.15, -0.1) is 0 Å². The highest BCUT2D eigenvalue weighted by Gasteiger charge is 2.15. The van der Waals surface area contributed by atoms with Crippen LogP contribution in [-0.2, 0) is 6.42 Å². The number of nitro groups is 1. The Morgan fingerprint density at radius 3 is 2.60 bits per heavy atom. The largest absolute Gasteiger partial charge is 0.360 e. The van der Waals surface area contributed by atoms with Gasteiger partial charge in [0.2, 0.25) is 0 Å². The van der Waals surface area contributed by atoms with Gasteiger partial charge in [-0.2, -0.15) is 0 Å². The van der Waals surface area contributed by atoms with Crippen molar-refractivity contribution in [2.45, 2.75) is 13.3 Å². The summed E-state index contributed by atoms with van der Waals surface area (Å²) in [4.78, 5) is 25.8. The first-order valence-electron chi connectivity index (χ1n) is 6.34. The molecule has 0 fully saturated rings. The van der Waals surface area contributed by atoms with E-state index in [9.17, 15) is 14.9 Å². The molecule has 1 aromatic heterocycles. The number of fused-ring (bicyclic) bond motifs is 3. The third-order valence-corrected chi connectivity index (χ3v) is 3.56. The summed E-state index contributed by atoms with van der Waals surface area (Å²) >= 11 is 0. The third-order valence-electron chi connectivity index (χ3n) is 3.56. The maximum Gasteiger partial charge on any atom is 0.280 e. The van der Waals surface area contributed by atoms with Crippen LogP contribution < -0.4 is 5.43 Å². The van der Waals surface area contributed by atoms with Crippen LogP contribution in [-0.4, -0.2) is 9.91 Å². The highest BCUT2D eigenvalue weighted by Crippen LogP contribution is 2.29. The molecule has 0 saturated carbocycles. The molecule has 20 heavy (non-hydrogen) atoms. The molecule has 5 heteroatoms. The van der Waals surface area contributed by atoms with E-state index in [0.29, 0.717) is 16.3 Å². The van der Waals surface area contributed by atoms with Gasteiger partial charge in [-0.25, -0.2) is 0 Å². The monoisotopic (exact) mass is 268 g/mol. The van der Waals surface area contributed by atoms with Crippen molar-refractivity contribution in [1.29, 1.82) is 0 Å². The van der Waals surface area contributed by atoms with Crippen LogP contribution in [0.25, 0.3) is 21.7 Å². The second-order valence-corrected chi connectivity index (χ2v) is 4.61. The number of hydrogen-bond acceptors (Lipinski definition) is 3. The molecule has 0 unspecified atom stereocenters. The summed E-state index contributed by atoms with van der Waals surface area (Å²) in [6.45, 7) is 2.01. The molecule has 3 aromatic rings. The lowest BCUT2D eigenvalue weighted by Gasteiger charge is -2.07. The lowest BCUT2D eigenvalue weighted by atomic mass is 9.99. The standard InChI is InChI=1S/C15H12N2O3/c1-2-9-3-6-13(18)14-10(9)4-5-11-12(17(19)20)7-8-16-15(11)14/h3-8,16H,2H2,1H3. The van der Waals surface area contributed by atoms with Crippen molar-refractivity contribution in [2.24, 2.45) is 0 Å². The van der Waals surface area contributed by atoms with E-state index >= 15 is 0 Å². The van der Waals surface area contributed by atoms with Crippen LogP contribution in [0.2, 0.25) is 0 Å². The minimum absolute atomic E-state index is 0.00181.